The van der Waals surface area contributed by atoms with E-state index in [4.69, 9.17) is 99.5 Å². The molecule has 6 aromatic rings. The van der Waals surface area contributed by atoms with Gasteiger partial charge in [0.25, 0.3) is 0 Å². The fourth-order valence-corrected chi connectivity index (χ4v) is 17.7. The molecule has 13 rings (SSSR count). The third-order valence-corrected chi connectivity index (χ3v) is 24.8. The molecule has 7 fully saturated rings. The van der Waals surface area contributed by atoms with E-state index >= 15 is 0 Å². The van der Waals surface area contributed by atoms with Crippen molar-refractivity contribution in [2.75, 3.05) is 59.4 Å². The Bertz CT molecular complexity index is 4810. The summed E-state index contributed by atoms with van der Waals surface area (Å²) in [5, 5.41) is 184. The molecular formula is C96H124LiN5O40. The Hall–Kier alpha value is -8.25. The number of esters is 1. The first kappa shape index (κ1) is 112. The number of nitrogens with one attached hydrogen (secondary N) is 2. The van der Waals surface area contributed by atoms with E-state index in [0.717, 1.165) is 31.9 Å². The van der Waals surface area contributed by atoms with Crippen molar-refractivity contribution in [2.24, 2.45) is 5.11 Å². The maximum Gasteiger partial charge on any atom is 1.00 e. The Morgan fingerprint density at radius 2 is 0.838 bits per heavy atom. The Morgan fingerprint density at radius 1 is 0.423 bits per heavy atom. The minimum atomic E-state index is -3.48. The van der Waals surface area contributed by atoms with E-state index in [-0.39, 0.29) is 78.1 Å². The molecule has 0 aliphatic carbocycles. The SMILES string of the molecule is CC(=O)N[C@H]1[C@H](O[C@H]2[C@@H](O)[C@@H](COCc3ccccc3)O[C@@H](O[C@H]3[C@H](OCc4ccccc4)[C@@H](OCc4ccccc4)[C@H](OCCCN=[N+]=[N-])O[C@@H]3COCc3ccccc3)[C@@H]2OCc2ccccc2)O[C@H](CO[C@@H]2O[C@H](CO)[C@@H](O[C@@H]3O[C@H](CO)[C@H](O)[C@H](O)[C@H]3O)[C@H](O)[C@H]2O)[C@@H](O[C@@H]2O[C@H](CO)[C@H](OC(C)=O)[C@H](O[C@]3(C(=O)[O-])C[C@H](O)[C@@H](NC(C)=O)[C@H]([C@H](O)[C@H](O)CO)O3)[C@H]2O)[C@@H]1OCc1ccccc1.[Li+]. The molecule has 36 atom stereocenters. The largest absolute Gasteiger partial charge is 1.00 e. The van der Waals surface area contributed by atoms with Crippen molar-refractivity contribution in [2.45, 2.75) is 294 Å². The smallest absolute Gasteiger partial charge is 0.544 e. The number of ether oxygens (including phenoxy) is 21. The summed E-state index contributed by atoms with van der Waals surface area (Å²) >= 11 is 0. The van der Waals surface area contributed by atoms with Crippen LogP contribution in [0.5, 0.6) is 0 Å². The number of amides is 2. The molecular weight excluding hydrogens is 1870 g/mol. The molecule has 142 heavy (non-hydrogen) atoms. The number of benzene rings is 6. The van der Waals surface area contributed by atoms with Crippen LogP contribution in [0, 0.1) is 0 Å². The van der Waals surface area contributed by atoms with Gasteiger partial charge in [-0.1, -0.05) is 187 Å². The van der Waals surface area contributed by atoms with Crippen LogP contribution in [-0.2, 0) is 158 Å². The number of aliphatic hydroxyl groups is 14. The first-order valence-electron chi connectivity index (χ1n) is 46.3. The van der Waals surface area contributed by atoms with E-state index in [9.17, 15) is 101 Å². The zero-order valence-corrected chi connectivity index (χ0v) is 78.3. The van der Waals surface area contributed by atoms with Gasteiger partial charge in [-0.15, -0.1) is 0 Å². The van der Waals surface area contributed by atoms with E-state index in [2.05, 4.69) is 20.7 Å². The van der Waals surface area contributed by atoms with E-state index in [0.29, 0.717) is 22.3 Å². The van der Waals surface area contributed by atoms with Gasteiger partial charge < -0.3 is 192 Å². The number of hydrogen-bond acceptors (Lipinski definition) is 41. The van der Waals surface area contributed by atoms with Gasteiger partial charge in [-0.3, -0.25) is 14.4 Å². The normalized spacial score (nSPS) is 34.7. The first-order valence-corrected chi connectivity index (χ1v) is 46.3. The van der Waals surface area contributed by atoms with Gasteiger partial charge in [-0.05, 0) is 45.3 Å². The molecule has 774 valence electrons. The number of nitrogens with zero attached hydrogens (tertiary/aromatic N) is 3. The minimum Gasteiger partial charge on any atom is -0.544 e. The van der Waals surface area contributed by atoms with Gasteiger partial charge in [0.15, 0.2) is 43.8 Å². The van der Waals surface area contributed by atoms with E-state index in [1.165, 1.54) is 0 Å². The summed E-state index contributed by atoms with van der Waals surface area (Å²) in [7, 11) is 0. The number of rotatable bonds is 48. The number of carboxylic acid groups (broad SMARTS) is 1. The maximum atomic E-state index is 14.6. The molecule has 46 heteroatoms. The van der Waals surface area contributed by atoms with Crippen LogP contribution in [0.4, 0.5) is 0 Å². The number of carbonyl (C=O) groups excluding carboxylic acids is 4. The van der Waals surface area contributed by atoms with Gasteiger partial charge in [0, 0.05) is 45.3 Å². The molecule has 16 N–H and O–H groups in total. The molecule has 45 nitrogen and oxygen atoms in total. The minimum absolute atomic E-state index is 0. The molecule has 0 radical (unpaired) electrons. The van der Waals surface area contributed by atoms with Crippen LogP contribution in [0.25, 0.3) is 10.4 Å². The fourth-order valence-electron chi connectivity index (χ4n) is 17.7. The number of aliphatic hydroxyl groups excluding tert-OH is 14. The average molecular weight is 1990 g/mol. The van der Waals surface area contributed by atoms with Crippen LogP contribution in [0.1, 0.15) is 67.0 Å². The van der Waals surface area contributed by atoms with Crippen LogP contribution in [0.15, 0.2) is 187 Å². The van der Waals surface area contributed by atoms with E-state index in [1.54, 1.807) is 91.0 Å². The molecule has 0 bridgehead atoms. The van der Waals surface area contributed by atoms with Crippen molar-refractivity contribution in [3.8, 4) is 0 Å². The van der Waals surface area contributed by atoms with Crippen LogP contribution in [0.2, 0.25) is 0 Å². The van der Waals surface area contributed by atoms with E-state index in [1.807, 2.05) is 91.0 Å². The van der Waals surface area contributed by atoms with Crippen molar-refractivity contribution in [1.29, 1.82) is 0 Å². The van der Waals surface area contributed by atoms with Crippen molar-refractivity contribution >= 4 is 23.8 Å². The molecule has 6 aromatic carbocycles. The summed E-state index contributed by atoms with van der Waals surface area (Å²) in [4.78, 5) is 57.6. The van der Waals surface area contributed by atoms with Crippen LogP contribution in [0.3, 0.4) is 0 Å². The summed E-state index contributed by atoms with van der Waals surface area (Å²) in [5.41, 5.74) is 13.1. The Kier molecular flexibility index (Phi) is 43.5. The number of azide groups is 1. The monoisotopic (exact) mass is 1990 g/mol. The van der Waals surface area contributed by atoms with Gasteiger partial charge in [0.2, 0.25) is 17.6 Å². The fraction of sp³-hybridized carbons (Fsp3) is 0.583. The predicted octanol–water partition coefficient (Wildman–Crippen LogP) is -5.47. The predicted molar refractivity (Wildman–Crippen MR) is 476 cm³/mol. The number of carboxylic acids is 1. The second-order valence-electron chi connectivity index (χ2n) is 34.9. The molecule has 7 saturated heterocycles. The molecule has 0 unspecified atom stereocenters. The van der Waals surface area contributed by atoms with Gasteiger partial charge in [0.1, 0.15) is 165 Å². The van der Waals surface area contributed by atoms with Crippen LogP contribution < -0.4 is 34.6 Å². The van der Waals surface area contributed by atoms with Gasteiger partial charge in [0.05, 0.1) is 98.0 Å². The average Bonchev–Trinajstić information content (AvgIpc) is 0.746. The van der Waals surface area contributed by atoms with Crippen molar-refractivity contribution in [1.82, 2.24) is 10.6 Å². The molecule has 0 saturated carbocycles. The molecule has 0 aromatic heterocycles. The van der Waals surface area contributed by atoms with Crippen molar-refractivity contribution in [3.05, 3.63) is 226 Å². The summed E-state index contributed by atoms with van der Waals surface area (Å²) in [6.45, 7) is -4.37. The summed E-state index contributed by atoms with van der Waals surface area (Å²) in [6, 6.07) is 49.8. The quantitative estimate of drug-likeness (QED) is 0.00423. The molecule has 7 heterocycles. The number of aliphatic carboxylic acids is 1. The molecule has 7 aliphatic rings. The zero-order chi connectivity index (χ0) is 100. The van der Waals surface area contributed by atoms with Gasteiger partial charge in [-0.25, -0.2) is 0 Å². The van der Waals surface area contributed by atoms with Crippen molar-refractivity contribution < 1.29 is 214 Å². The van der Waals surface area contributed by atoms with Gasteiger partial charge in [-0.2, -0.15) is 0 Å². The topological polar surface area (TPSA) is 641 Å². The Morgan fingerprint density at radius 3 is 1.35 bits per heavy atom. The Labute approximate surface area is 828 Å². The molecule has 2 amide bonds. The summed E-state index contributed by atoms with van der Waals surface area (Å²) in [5.74, 6) is -8.79. The second-order valence-corrected chi connectivity index (χ2v) is 34.9. The zero-order valence-electron chi connectivity index (χ0n) is 78.3. The molecule has 0 spiro atoms. The first-order chi connectivity index (χ1) is 68.1. The van der Waals surface area contributed by atoms with Crippen molar-refractivity contribution in [3.63, 3.8) is 0 Å². The Balaban J connectivity index is 0.0000180. The third kappa shape index (κ3) is 29.4. The molecule has 7 aliphatic heterocycles. The van der Waals surface area contributed by atoms with Crippen LogP contribution in [-0.4, -0.2) is 375 Å². The number of hydrogen-bond donors (Lipinski definition) is 16. The summed E-state index contributed by atoms with van der Waals surface area (Å²) in [6.07, 6.45) is -65.4. The second kappa shape index (κ2) is 55.0. The maximum absolute atomic E-state index is 14.6. The van der Waals surface area contributed by atoms with Gasteiger partial charge >= 0.3 is 24.8 Å². The van der Waals surface area contributed by atoms with Crippen LogP contribution >= 0.6 is 0 Å². The third-order valence-electron chi connectivity index (χ3n) is 24.8. The van der Waals surface area contributed by atoms with E-state index < -0.39 is 297 Å². The summed E-state index contributed by atoms with van der Waals surface area (Å²) < 4.78 is 140. The number of carbonyl (C=O) groups is 4. The standard InChI is InChI=1S/C96H125N5O40.Li/c1-51(106)99-68-60(109)37-96(95(119)120,140-82(68)70(111)61(110)38-102)141-85-77(118)92(132-64(41-105)79(85)129-53(3)108)137-80-67(50-128-90-76(117)74(115)78(63(40-104)131-90)136-91-75(116)73(114)71(112)62(39-103)130-91)134-89(69(100-52(2)107)83(80)124-44-56-27-14-6-15-28-56)139-84-72(113)65(48-121-42-54-23-10-4-11-24-54)133-94(87(84)126-46-58-31-18-8-19-32-58)138-81-66(49-122-43-55-25-12-5-13-26-55)135-93(123-36-22-35-98-101-97)88(127-47-59-33-20-9-21-34-59)86(81)125-45-57-29-16-7-17-30-57;/h4-21,23-34,60-94,102-105,109-118H,22,35-50H2,1-3H3,(H,99,106)(H,100,107)(H,119,120);/q;+1/p-1/t60-,61+,62+,63+,64+,65+,66+,67+,68+,69+,70+,71-,72-,73-,74+,75+,76+,77+,78+,79-,80+,81+,82+,83+,84-,85+,86-,87+,88+,89-,90+,91-,92-,93+,94-,96-;/m0./s1.